The Labute approximate surface area is 216 Å². The summed E-state index contributed by atoms with van der Waals surface area (Å²) in [6.45, 7) is 3.74. The van der Waals surface area contributed by atoms with Crippen LogP contribution in [0.3, 0.4) is 0 Å². The second-order valence-electron chi connectivity index (χ2n) is 7.88. The van der Waals surface area contributed by atoms with Crippen LogP contribution in [0.1, 0.15) is 22.7 Å². The average Bonchev–Trinajstić information content (AvgIpc) is 2.90. The number of carboxylic acid groups (broad SMARTS) is 1. The second kappa shape index (κ2) is 11.7. The van der Waals surface area contributed by atoms with Crippen LogP contribution in [0.2, 0.25) is 0 Å². The third kappa shape index (κ3) is 5.80. The number of methoxy groups -OCH3 is 4. The molecule has 9 nitrogen and oxygen atoms in total. The van der Waals surface area contributed by atoms with Gasteiger partial charge in [-0.2, -0.15) is 0 Å². The van der Waals surface area contributed by atoms with E-state index in [4.69, 9.17) is 18.9 Å². The summed E-state index contributed by atoms with van der Waals surface area (Å²) in [6.07, 6.45) is 1.45. The Kier molecular flexibility index (Phi) is 8.67. The van der Waals surface area contributed by atoms with Gasteiger partial charge in [-0.25, -0.2) is 13.2 Å². The van der Waals surface area contributed by atoms with E-state index in [1.165, 1.54) is 40.6 Å². The predicted octanol–water partition coefficient (Wildman–Crippen LogP) is 4.58. The number of sulfone groups is 1. The van der Waals surface area contributed by atoms with Crippen LogP contribution >= 0.6 is 0 Å². The molecule has 0 heterocycles. The Morgan fingerprint density at radius 2 is 1.59 bits per heavy atom. The maximum Gasteiger partial charge on any atom is 0.330 e. The number of benzene rings is 3. The van der Waals surface area contributed by atoms with Gasteiger partial charge in [0.2, 0.25) is 0 Å². The van der Waals surface area contributed by atoms with Crippen molar-refractivity contribution in [2.45, 2.75) is 16.7 Å². The van der Waals surface area contributed by atoms with Crippen molar-refractivity contribution in [2.75, 3.05) is 33.8 Å². The molecule has 196 valence electrons. The fraction of sp³-hybridized carbons (Fsp3) is 0.222. The van der Waals surface area contributed by atoms with Crippen molar-refractivity contribution in [1.82, 2.24) is 0 Å². The first kappa shape index (κ1) is 27.4. The lowest BCUT2D eigenvalue weighted by molar-refractivity contribution is -0.138. The zero-order chi connectivity index (χ0) is 27.2. The van der Waals surface area contributed by atoms with Crippen LogP contribution in [0.15, 0.2) is 66.1 Å². The Morgan fingerprint density at radius 1 is 0.946 bits per heavy atom. The van der Waals surface area contributed by atoms with E-state index in [-0.39, 0.29) is 16.4 Å². The molecule has 0 unspecified atom stereocenters. The first-order valence-corrected chi connectivity index (χ1v) is 12.7. The van der Waals surface area contributed by atoms with Gasteiger partial charge in [-0.05, 0) is 23.3 Å². The van der Waals surface area contributed by atoms with Crippen molar-refractivity contribution >= 4 is 27.6 Å². The highest BCUT2D eigenvalue weighted by Crippen LogP contribution is 2.44. The molecule has 37 heavy (non-hydrogen) atoms. The molecule has 0 aliphatic heterocycles. The van der Waals surface area contributed by atoms with E-state index in [0.29, 0.717) is 33.9 Å². The molecule has 3 aromatic rings. The zero-order valence-corrected chi connectivity index (χ0v) is 21.8. The minimum atomic E-state index is -4.03. The Hall–Kier alpha value is -4.18. The fourth-order valence-corrected chi connectivity index (χ4v) is 5.64. The van der Waals surface area contributed by atoms with Gasteiger partial charge < -0.3 is 29.4 Å². The SMILES string of the molecule is C=Cc1c(OC)cc(OC)c(S(=O)(=O)Cc2ccc(OC)c(N[C@H](C(=O)O)c3ccccc3)c2)c1OC. The maximum absolute atomic E-state index is 13.7. The lowest BCUT2D eigenvalue weighted by atomic mass is 10.1. The van der Waals surface area contributed by atoms with E-state index in [1.807, 2.05) is 0 Å². The van der Waals surface area contributed by atoms with Crippen LogP contribution in [0.25, 0.3) is 6.08 Å². The molecule has 10 heteroatoms. The number of rotatable bonds is 12. The highest BCUT2D eigenvalue weighted by atomic mass is 32.2. The first-order valence-electron chi connectivity index (χ1n) is 11.1. The number of carbonyl (C=O) groups is 1. The summed E-state index contributed by atoms with van der Waals surface area (Å²) in [5.41, 5.74) is 1.61. The highest BCUT2D eigenvalue weighted by molar-refractivity contribution is 7.90. The molecule has 0 aliphatic rings. The van der Waals surface area contributed by atoms with Crippen molar-refractivity contribution in [3.05, 3.63) is 77.9 Å². The summed E-state index contributed by atoms with van der Waals surface area (Å²) >= 11 is 0. The zero-order valence-electron chi connectivity index (χ0n) is 21.0. The third-order valence-electron chi connectivity index (χ3n) is 5.66. The smallest absolute Gasteiger partial charge is 0.330 e. The van der Waals surface area contributed by atoms with E-state index >= 15 is 0 Å². The van der Waals surface area contributed by atoms with Crippen molar-refractivity contribution in [3.63, 3.8) is 0 Å². The molecule has 0 amide bonds. The monoisotopic (exact) mass is 527 g/mol. The van der Waals surface area contributed by atoms with E-state index in [0.717, 1.165) is 0 Å². The van der Waals surface area contributed by atoms with Crippen molar-refractivity contribution in [2.24, 2.45) is 0 Å². The molecule has 0 spiro atoms. The maximum atomic E-state index is 13.7. The number of aliphatic carboxylic acids is 1. The van der Waals surface area contributed by atoms with Crippen LogP contribution in [-0.2, 0) is 20.4 Å². The fourth-order valence-electron chi connectivity index (χ4n) is 3.96. The van der Waals surface area contributed by atoms with Gasteiger partial charge in [-0.3, -0.25) is 0 Å². The molecular formula is C27H29NO8S. The average molecular weight is 528 g/mol. The molecule has 0 bridgehead atoms. The number of hydrogen-bond acceptors (Lipinski definition) is 8. The normalized spacial score (nSPS) is 11.8. The van der Waals surface area contributed by atoms with Gasteiger partial charge in [-0.1, -0.05) is 49.1 Å². The van der Waals surface area contributed by atoms with Crippen LogP contribution in [0, 0.1) is 0 Å². The van der Waals surface area contributed by atoms with Crippen molar-refractivity contribution in [1.29, 1.82) is 0 Å². The molecule has 3 rings (SSSR count). The molecular weight excluding hydrogens is 498 g/mol. The quantitative estimate of drug-likeness (QED) is 0.349. The van der Waals surface area contributed by atoms with E-state index < -0.39 is 27.6 Å². The number of hydrogen-bond donors (Lipinski definition) is 2. The van der Waals surface area contributed by atoms with Gasteiger partial charge in [0.1, 0.15) is 17.2 Å². The summed E-state index contributed by atoms with van der Waals surface area (Å²) in [7, 11) is 1.57. The molecule has 0 aromatic heterocycles. The van der Waals surface area contributed by atoms with Crippen molar-refractivity contribution in [3.8, 4) is 23.0 Å². The van der Waals surface area contributed by atoms with Crippen LogP contribution < -0.4 is 24.3 Å². The summed E-state index contributed by atoms with van der Waals surface area (Å²) in [4.78, 5) is 11.9. The summed E-state index contributed by atoms with van der Waals surface area (Å²) in [5.74, 6) is -0.717. The Bertz CT molecular complexity index is 1390. The first-order chi connectivity index (χ1) is 17.7. The summed E-state index contributed by atoms with van der Waals surface area (Å²) < 4.78 is 48.9. The Balaban J connectivity index is 2.07. The Morgan fingerprint density at radius 3 is 2.14 bits per heavy atom. The molecule has 0 saturated heterocycles. The van der Waals surface area contributed by atoms with Gasteiger partial charge in [0, 0.05) is 6.07 Å². The van der Waals surface area contributed by atoms with Gasteiger partial charge >= 0.3 is 5.97 Å². The van der Waals surface area contributed by atoms with Gasteiger partial charge in [-0.15, -0.1) is 0 Å². The number of anilines is 1. The van der Waals surface area contributed by atoms with E-state index in [9.17, 15) is 18.3 Å². The van der Waals surface area contributed by atoms with E-state index in [1.54, 1.807) is 48.5 Å². The lowest BCUT2D eigenvalue weighted by Gasteiger charge is -2.20. The lowest BCUT2D eigenvalue weighted by Crippen LogP contribution is -2.21. The van der Waals surface area contributed by atoms with Crippen LogP contribution in [-0.4, -0.2) is 47.9 Å². The topological polar surface area (TPSA) is 120 Å². The minimum Gasteiger partial charge on any atom is -0.496 e. The van der Waals surface area contributed by atoms with Gasteiger partial charge in [0.15, 0.2) is 26.5 Å². The molecule has 1 atom stereocenters. The summed E-state index contributed by atoms with van der Waals surface area (Å²) in [5, 5.41) is 12.8. The molecule has 3 aromatic carbocycles. The molecule has 0 fully saturated rings. The van der Waals surface area contributed by atoms with Gasteiger partial charge in [0.25, 0.3) is 0 Å². The molecule has 0 radical (unpaired) electrons. The third-order valence-corrected chi connectivity index (χ3v) is 7.38. The van der Waals surface area contributed by atoms with E-state index in [2.05, 4.69) is 11.9 Å². The standard InChI is InChI=1S/C27H29NO8S/c1-6-19-22(34-3)15-23(35-4)26(25(19)36-5)37(31,32)16-17-12-13-21(33-2)20(14-17)28-24(27(29)30)18-10-8-7-9-11-18/h6-15,24,28H,1,16H2,2-5H3,(H,29,30)/t24-/m0/s1. The van der Waals surface area contributed by atoms with Crippen LogP contribution in [0.5, 0.6) is 23.0 Å². The van der Waals surface area contributed by atoms with Crippen molar-refractivity contribution < 1.29 is 37.3 Å². The highest BCUT2D eigenvalue weighted by Gasteiger charge is 2.30. The predicted molar refractivity (Wildman–Crippen MR) is 141 cm³/mol. The second-order valence-corrected chi connectivity index (χ2v) is 9.81. The van der Waals surface area contributed by atoms with Gasteiger partial charge in [0.05, 0.1) is 45.4 Å². The minimum absolute atomic E-state index is 0.0491. The molecule has 0 saturated carbocycles. The number of nitrogens with one attached hydrogen (secondary N) is 1. The molecule has 0 aliphatic carbocycles. The molecule has 2 N–H and O–H groups in total. The summed E-state index contributed by atoms with van der Waals surface area (Å²) in [6, 6.07) is 13.7. The number of carboxylic acids is 1. The largest absolute Gasteiger partial charge is 0.496 e. The number of ether oxygens (including phenoxy) is 4. The van der Waals surface area contributed by atoms with Crippen LogP contribution in [0.4, 0.5) is 5.69 Å².